The quantitative estimate of drug-likeness (QED) is 0.657. The van der Waals surface area contributed by atoms with Gasteiger partial charge in [-0.15, -0.1) is 0 Å². The van der Waals surface area contributed by atoms with E-state index in [1.807, 2.05) is 0 Å². The Kier molecular flexibility index (Phi) is 3.56. The van der Waals surface area contributed by atoms with E-state index in [0.29, 0.717) is 42.3 Å². The number of nitrogens with zero attached hydrogens (tertiary/aromatic N) is 2. The third-order valence-electron chi connectivity index (χ3n) is 3.25. The van der Waals surface area contributed by atoms with Crippen LogP contribution >= 0.6 is 34.5 Å². The van der Waals surface area contributed by atoms with Crippen LogP contribution in [0.2, 0.25) is 10.0 Å². The maximum atomic E-state index is 11.2. The fourth-order valence-electron chi connectivity index (χ4n) is 2.18. The summed E-state index contributed by atoms with van der Waals surface area (Å²) in [6, 6.07) is 6.68. The number of hydrogen-bond acceptors (Lipinski definition) is 6. The van der Waals surface area contributed by atoms with Gasteiger partial charge in [0.1, 0.15) is 5.42 Å². The molecule has 2 aromatic heterocycles. The summed E-state index contributed by atoms with van der Waals surface area (Å²) in [6.07, 6.45) is 1.55. The van der Waals surface area contributed by atoms with Crippen molar-refractivity contribution in [2.45, 2.75) is 0 Å². The van der Waals surface area contributed by atoms with E-state index in [1.165, 1.54) is 0 Å². The van der Waals surface area contributed by atoms with Gasteiger partial charge in [-0.1, -0.05) is 34.5 Å². The fourth-order valence-corrected chi connectivity index (χ4v) is 3.16. The summed E-state index contributed by atoms with van der Waals surface area (Å²) in [7, 11) is 0. The number of fused-ring (bicyclic) bond motifs is 1. The Morgan fingerprint density at radius 3 is 2.42 bits per heavy atom. The fraction of sp³-hybridized carbons (Fsp3) is 0. The lowest BCUT2D eigenvalue weighted by molar-refractivity contribution is 0.454. The van der Waals surface area contributed by atoms with Gasteiger partial charge in [-0.05, 0) is 24.3 Å². The molecule has 0 fully saturated rings. The highest BCUT2D eigenvalue weighted by atomic mass is 35.5. The van der Waals surface area contributed by atoms with Crippen LogP contribution in [0.25, 0.3) is 11.9 Å². The zero-order valence-electron chi connectivity index (χ0n) is 11.7. The average Bonchev–Trinajstić information content (AvgIpc) is 3.20. The van der Waals surface area contributed by atoms with Gasteiger partial charge in [0, 0.05) is 6.08 Å². The van der Waals surface area contributed by atoms with Crippen LogP contribution in [0.5, 0.6) is 5.88 Å². The van der Waals surface area contributed by atoms with Crippen LogP contribution in [0.15, 0.2) is 43.5 Å². The molecule has 4 rings (SSSR count). The van der Waals surface area contributed by atoms with Gasteiger partial charge in [-0.25, -0.2) is 9.98 Å². The van der Waals surface area contributed by atoms with Gasteiger partial charge in [0.2, 0.25) is 5.88 Å². The molecule has 1 aromatic carbocycles. The van der Waals surface area contributed by atoms with Crippen LogP contribution in [0.1, 0.15) is 4.88 Å². The van der Waals surface area contributed by atoms with Crippen molar-refractivity contribution < 1.29 is 9.52 Å². The highest BCUT2D eigenvalue weighted by Gasteiger charge is 2.09. The molecule has 2 N–H and O–H groups in total. The lowest BCUT2D eigenvalue weighted by Gasteiger charge is -1.90. The molecule has 0 aliphatic carbocycles. The molecule has 6 nitrogen and oxygen atoms in total. The molecule has 24 heavy (non-hydrogen) atoms. The largest absolute Gasteiger partial charge is 0.493 e. The Labute approximate surface area is 147 Å². The van der Waals surface area contributed by atoms with Crippen molar-refractivity contribution in [3.63, 3.8) is 0 Å². The minimum Gasteiger partial charge on any atom is -0.493 e. The Morgan fingerprint density at radius 2 is 1.83 bits per heavy atom. The molecule has 3 aromatic rings. The van der Waals surface area contributed by atoms with E-state index in [9.17, 15) is 9.90 Å². The molecule has 1 aliphatic rings. The number of halogens is 2. The van der Waals surface area contributed by atoms with E-state index < -0.39 is 0 Å². The third kappa shape index (κ3) is 2.66. The van der Waals surface area contributed by atoms with Gasteiger partial charge in [0.05, 0.1) is 25.6 Å². The maximum absolute atomic E-state index is 11.2. The number of thiazole rings is 1. The van der Waals surface area contributed by atoms with E-state index >= 15 is 0 Å². The molecule has 0 atom stereocenters. The molecule has 3 heterocycles. The summed E-state index contributed by atoms with van der Waals surface area (Å²) in [4.78, 5) is 22.2. The summed E-state index contributed by atoms with van der Waals surface area (Å²) in [5.74, 6) is 0.206. The predicted molar refractivity (Wildman–Crippen MR) is 90.3 cm³/mol. The first-order valence-corrected chi connectivity index (χ1v) is 8.23. The number of aromatic nitrogens is 1. The highest BCUT2D eigenvalue weighted by Crippen LogP contribution is 2.18. The summed E-state index contributed by atoms with van der Waals surface area (Å²) in [5, 5.41) is 11.6. The second-order valence-corrected chi connectivity index (χ2v) is 6.71. The SMILES string of the molecule is O=c1[nH]c(O)c(C=c2ccc(=C3N=c4cc(Cl)c(Cl)cc4=N3)o2)s1. The molecule has 0 bridgehead atoms. The minimum absolute atomic E-state index is 0.192. The Balaban J connectivity index is 1.86. The molecule has 0 saturated heterocycles. The summed E-state index contributed by atoms with van der Waals surface area (Å²) in [6.45, 7) is 0. The molecule has 0 radical (unpaired) electrons. The third-order valence-corrected chi connectivity index (χ3v) is 4.79. The number of furan rings is 1. The van der Waals surface area contributed by atoms with Crippen molar-refractivity contribution in [3.8, 4) is 5.88 Å². The number of rotatable bonds is 1. The van der Waals surface area contributed by atoms with Crippen LogP contribution in [-0.2, 0) is 0 Å². The molecule has 0 saturated carbocycles. The van der Waals surface area contributed by atoms with Crippen LogP contribution in [0.4, 0.5) is 0 Å². The van der Waals surface area contributed by atoms with Crippen molar-refractivity contribution in [3.05, 3.63) is 70.4 Å². The van der Waals surface area contributed by atoms with Gasteiger partial charge in [-0.2, -0.15) is 0 Å². The van der Waals surface area contributed by atoms with Gasteiger partial charge >= 0.3 is 4.87 Å². The summed E-state index contributed by atoms with van der Waals surface area (Å²) >= 11 is 12.8. The topological polar surface area (TPSA) is 91.0 Å². The Hall–Kier alpha value is -2.35. The Morgan fingerprint density at radius 1 is 1.17 bits per heavy atom. The molecule has 0 unspecified atom stereocenters. The van der Waals surface area contributed by atoms with Gasteiger partial charge in [0.15, 0.2) is 11.2 Å². The molecule has 1 aliphatic heterocycles. The lowest BCUT2D eigenvalue weighted by Crippen LogP contribution is -2.20. The number of benzene rings is 1. The van der Waals surface area contributed by atoms with Crippen molar-refractivity contribution in [1.82, 2.24) is 4.98 Å². The van der Waals surface area contributed by atoms with Gasteiger partial charge in [0.25, 0.3) is 0 Å². The summed E-state index contributed by atoms with van der Waals surface area (Å²) in [5.41, 5.74) is 0.910. The van der Waals surface area contributed by atoms with Gasteiger partial charge < -0.3 is 9.52 Å². The molecular weight excluding hydrogens is 373 g/mol. The lowest BCUT2D eigenvalue weighted by atomic mass is 10.3. The van der Waals surface area contributed by atoms with E-state index in [2.05, 4.69) is 15.0 Å². The van der Waals surface area contributed by atoms with E-state index in [4.69, 9.17) is 27.6 Å². The maximum Gasteiger partial charge on any atom is 0.307 e. The van der Waals surface area contributed by atoms with Crippen LogP contribution in [0, 0.1) is 0 Å². The zero-order valence-corrected chi connectivity index (χ0v) is 14.0. The predicted octanol–water partition coefficient (Wildman–Crippen LogP) is 0.889. The van der Waals surface area contributed by atoms with E-state index in [1.54, 1.807) is 30.3 Å². The van der Waals surface area contributed by atoms with Gasteiger partial charge in [-0.3, -0.25) is 9.78 Å². The van der Waals surface area contributed by atoms with Crippen LogP contribution in [-0.4, -0.2) is 10.1 Å². The highest BCUT2D eigenvalue weighted by molar-refractivity contribution is 7.10. The number of hydrogen-bond donors (Lipinski definition) is 2. The van der Waals surface area contributed by atoms with E-state index in [0.717, 1.165) is 11.3 Å². The first-order chi connectivity index (χ1) is 11.5. The normalized spacial score (nSPS) is 13.8. The molecule has 0 amide bonds. The smallest absolute Gasteiger partial charge is 0.307 e. The number of nitrogens with one attached hydrogen (secondary N) is 1. The molecule has 120 valence electrons. The summed E-state index contributed by atoms with van der Waals surface area (Å²) < 4.78 is 5.66. The van der Waals surface area contributed by atoms with Crippen LogP contribution < -0.4 is 26.4 Å². The standard InChI is InChI=1S/C15H7Cl2N3O3S/c16-7-4-9-10(5-8(7)17)19-13(18-9)11-2-1-6(23-11)3-12-14(21)20-15(22)24-12/h1-5,21H,(H,20,22). The minimum atomic E-state index is -0.343. The monoisotopic (exact) mass is 379 g/mol. The second-order valence-electron chi connectivity index (χ2n) is 4.88. The molecule has 9 heteroatoms. The van der Waals surface area contributed by atoms with E-state index in [-0.39, 0.29) is 10.8 Å². The number of aromatic hydroxyl groups is 1. The number of H-pyrrole nitrogens is 1. The number of aromatic amines is 1. The van der Waals surface area contributed by atoms with Crippen molar-refractivity contribution in [1.29, 1.82) is 0 Å². The molecule has 0 spiro atoms. The second kappa shape index (κ2) is 5.62. The van der Waals surface area contributed by atoms with Crippen molar-refractivity contribution in [2.75, 3.05) is 0 Å². The van der Waals surface area contributed by atoms with Crippen molar-refractivity contribution in [2.24, 2.45) is 9.98 Å². The van der Waals surface area contributed by atoms with Crippen molar-refractivity contribution >= 4 is 46.4 Å². The van der Waals surface area contributed by atoms with Crippen LogP contribution in [0.3, 0.4) is 0 Å². The first-order valence-electron chi connectivity index (χ1n) is 6.66. The first kappa shape index (κ1) is 15.2. The zero-order chi connectivity index (χ0) is 16.8. The molecular formula is C15H7Cl2N3O3S. The Bertz CT molecular complexity index is 1230. The average molecular weight is 380 g/mol.